The second-order valence-corrected chi connectivity index (χ2v) is 7.60. The number of aromatic nitrogens is 4. The van der Waals surface area contributed by atoms with Gasteiger partial charge < -0.3 is 19.6 Å². The van der Waals surface area contributed by atoms with Crippen molar-refractivity contribution >= 4 is 17.7 Å². The summed E-state index contributed by atoms with van der Waals surface area (Å²) in [5, 5.41) is 3.62. The van der Waals surface area contributed by atoms with E-state index >= 15 is 0 Å². The highest BCUT2D eigenvalue weighted by Gasteiger charge is 2.21. The number of aromatic amines is 1. The maximum atomic E-state index is 12.8. The molecule has 158 valence electrons. The van der Waals surface area contributed by atoms with E-state index in [1.807, 2.05) is 48.3 Å². The lowest BCUT2D eigenvalue weighted by Crippen LogP contribution is -2.31. The molecule has 9 heteroatoms. The molecule has 0 aliphatic heterocycles. The van der Waals surface area contributed by atoms with Gasteiger partial charge in [0.15, 0.2) is 5.16 Å². The normalized spacial score (nSPS) is 11.9. The molecule has 0 saturated heterocycles. The molecule has 0 radical (unpaired) electrons. The molecule has 1 aromatic carbocycles. The molecule has 2 N–H and O–H groups in total. The lowest BCUT2D eigenvalue weighted by Gasteiger charge is -2.19. The van der Waals surface area contributed by atoms with Crippen molar-refractivity contribution in [2.45, 2.75) is 31.0 Å². The number of nitrogens with one attached hydrogen (secondary N) is 2. The van der Waals surface area contributed by atoms with Gasteiger partial charge in [-0.3, -0.25) is 9.59 Å². The van der Waals surface area contributed by atoms with Crippen molar-refractivity contribution in [3.8, 4) is 5.75 Å². The fraction of sp³-hybridized carbons (Fsp3) is 0.333. The van der Waals surface area contributed by atoms with E-state index in [1.165, 1.54) is 11.8 Å². The van der Waals surface area contributed by atoms with Crippen LogP contribution in [0.1, 0.15) is 35.1 Å². The molecule has 0 unspecified atom stereocenters. The predicted molar refractivity (Wildman–Crippen MR) is 116 cm³/mol. The molecular weight excluding hydrogens is 402 g/mol. The number of thioether (sulfide) groups is 1. The Kier molecular flexibility index (Phi) is 6.94. The summed E-state index contributed by atoms with van der Waals surface area (Å²) < 4.78 is 7.09. The number of methoxy groups -OCH3 is 1. The van der Waals surface area contributed by atoms with Crippen molar-refractivity contribution in [2.24, 2.45) is 7.05 Å². The summed E-state index contributed by atoms with van der Waals surface area (Å²) in [6.07, 6.45) is 5.85. The SMILES string of the molecule is COc1ccc([C@@H](NC(=O)CCc2c(C)nc(SC)[nH]c2=O)c2nccn2C)cc1. The minimum absolute atomic E-state index is 0.168. The van der Waals surface area contributed by atoms with Crippen molar-refractivity contribution in [1.82, 2.24) is 24.8 Å². The van der Waals surface area contributed by atoms with Gasteiger partial charge in [0.1, 0.15) is 17.6 Å². The van der Waals surface area contributed by atoms with Crippen LogP contribution in [-0.4, -0.2) is 38.8 Å². The van der Waals surface area contributed by atoms with Gasteiger partial charge in [-0.25, -0.2) is 9.97 Å². The minimum atomic E-state index is -0.417. The summed E-state index contributed by atoms with van der Waals surface area (Å²) in [4.78, 5) is 36.6. The molecule has 30 heavy (non-hydrogen) atoms. The van der Waals surface area contributed by atoms with Gasteiger partial charge in [-0.2, -0.15) is 0 Å². The Morgan fingerprint density at radius 2 is 2.07 bits per heavy atom. The van der Waals surface area contributed by atoms with Gasteiger partial charge in [-0.15, -0.1) is 0 Å². The molecule has 0 saturated carbocycles. The Morgan fingerprint density at radius 3 is 2.63 bits per heavy atom. The van der Waals surface area contributed by atoms with Gasteiger partial charge in [0.2, 0.25) is 5.91 Å². The van der Waals surface area contributed by atoms with Gasteiger partial charge in [-0.1, -0.05) is 23.9 Å². The number of hydrogen-bond acceptors (Lipinski definition) is 6. The first kappa shape index (κ1) is 21.6. The van der Waals surface area contributed by atoms with Crippen molar-refractivity contribution in [3.63, 3.8) is 0 Å². The number of rotatable bonds is 8. The first-order valence-electron chi connectivity index (χ1n) is 9.47. The van der Waals surface area contributed by atoms with Crippen molar-refractivity contribution < 1.29 is 9.53 Å². The van der Waals surface area contributed by atoms with Crippen LogP contribution >= 0.6 is 11.8 Å². The highest BCUT2D eigenvalue weighted by Crippen LogP contribution is 2.23. The lowest BCUT2D eigenvalue weighted by atomic mass is 10.0. The van der Waals surface area contributed by atoms with Gasteiger partial charge in [0.05, 0.1) is 7.11 Å². The Labute approximate surface area is 179 Å². The number of carbonyl (C=O) groups excluding carboxylic acids is 1. The predicted octanol–water partition coefficient (Wildman–Crippen LogP) is 2.38. The molecular formula is C21H25N5O3S. The topological polar surface area (TPSA) is 102 Å². The lowest BCUT2D eigenvalue weighted by molar-refractivity contribution is -0.121. The average molecular weight is 428 g/mol. The number of imidazole rings is 1. The summed E-state index contributed by atoms with van der Waals surface area (Å²) in [7, 11) is 3.49. The van der Waals surface area contributed by atoms with Crippen LogP contribution in [0.3, 0.4) is 0 Å². The molecule has 1 atom stereocenters. The standard InChI is InChI=1S/C21H25N5O3S/c1-13-16(20(28)25-21(23-13)30-4)9-10-17(27)24-18(19-22-11-12-26(19)2)14-5-7-15(29-3)8-6-14/h5-8,11-12,18H,9-10H2,1-4H3,(H,24,27)(H,23,25,28)/t18-/m1/s1. The van der Waals surface area contributed by atoms with Crippen LogP contribution in [0.2, 0.25) is 0 Å². The van der Waals surface area contributed by atoms with Crippen LogP contribution in [0.5, 0.6) is 5.75 Å². The number of amides is 1. The summed E-state index contributed by atoms with van der Waals surface area (Å²) in [6, 6.07) is 7.08. The number of carbonyl (C=O) groups is 1. The van der Waals surface area contributed by atoms with Crippen LogP contribution in [0.25, 0.3) is 0 Å². The van der Waals surface area contributed by atoms with Crippen LogP contribution in [0.4, 0.5) is 0 Å². The Balaban J connectivity index is 1.77. The summed E-state index contributed by atoms with van der Waals surface area (Å²) in [5.41, 5.74) is 1.86. The number of nitrogens with zero attached hydrogens (tertiary/aromatic N) is 3. The first-order valence-corrected chi connectivity index (χ1v) is 10.7. The quantitative estimate of drug-likeness (QED) is 0.423. The zero-order valence-electron chi connectivity index (χ0n) is 17.4. The first-order chi connectivity index (χ1) is 14.4. The molecule has 0 spiro atoms. The fourth-order valence-electron chi connectivity index (χ4n) is 3.20. The summed E-state index contributed by atoms with van der Waals surface area (Å²) in [5.74, 6) is 1.28. The van der Waals surface area contributed by atoms with Crippen LogP contribution in [0.15, 0.2) is 46.6 Å². The Bertz CT molecular complexity index is 1070. The zero-order valence-corrected chi connectivity index (χ0v) is 18.2. The highest BCUT2D eigenvalue weighted by molar-refractivity contribution is 7.98. The molecule has 3 rings (SSSR count). The maximum absolute atomic E-state index is 12.8. The minimum Gasteiger partial charge on any atom is -0.497 e. The summed E-state index contributed by atoms with van der Waals surface area (Å²) in [6.45, 7) is 1.79. The highest BCUT2D eigenvalue weighted by atomic mass is 32.2. The molecule has 0 aliphatic rings. The zero-order chi connectivity index (χ0) is 21.7. The molecule has 0 fully saturated rings. The van der Waals surface area contributed by atoms with E-state index in [0.29, 0.717) is 28.7 Å². The van der Waals surface area contributed by atoms with E-state index in [-0.39, 0.29) is 17.9 Å². The van der Waals surface area contributed by atoms with E-state index in [0.717, 1.165) is 11.3 Å². The molecule has 2 aromatic heterocycles. The Hall–Kier alpha value is -3.07. The molecule has 2 heterocycles. The van der Waals surface area contributed by atoms with Crippen LogP contribution in [-0.2, 0) is 18.3 Å². The average Bonchev–Trinajstić information content (AvgIpc) is 3.17. The number of benzene rings is 1. The van der Waals surface area contributed by atoms with Crippen LogP contribution < -0.4 is 15.6 Å². The largest absolute Gasteiger partial charge is 0.497 e. The van der Waals surface area contributed by atoms with E-state index in [9.17, 15) is 9.59 Å². The summed E-state index contributed by atoms with van der Waals surface area (Å²) >= 11 is 1.37. The molecule has 0 aliphatic carbocycles. The van der Waals surface area contributed by atoms with E-state index in [2.05, 4.69) is 20.3 Å². The van der Waals surface area contributed by atoms with Crippen molar-refractivity contribution in [3.05, 3.63) is 69.7 Å². The third-order valence-electron chi connectivity index (χ3n) is 4.87. The third kappa shape index (κ3) is 4.91. The van der Waals surface area contributed by atoms with Crippen molar-refractivity contribution in [1.29, 1.82) is 0 Å². The van der Waals surface area contributed by atoms with E-state index < -0.39 is 6.04 Å². The number of aryl methyl sites for hydroxylation is 2. The fourth-order valence-corrected chi connectivity index (χ4v) is 3.62. The molecule has 0 bridgehead atoms. The van der Waals surface area contributed by atoms with Gasteiger partial charge in [-0.05, 0) is 37.3 Å². The van der Waals surface area contributed by atoms with E-state index in [1.54, 1.807) is 20.2 Å². The van der Waals surface area contributed by atoms with E-state index in [4.69, 9.17) is 4.74 Å². The molecule has 1 amide bonds. The maximum Gasteiger partial charge on any atom is 0.254 e. The second kappa shape index (κ2) is 9.62. The monoisotopic (exact) mass is 427 g/mol. The van der Waals surface area contributed by atoms with Gasteiger partial charge in [0.25, 0.3) is 5.56 Å². The third-order valence-corrected chi connectivity index (χ3v) is 5.45. The van der Waals surface area contributed by atoms with Crippen LogP contribution in [0, 0.1) is 6.92 Å². The van der Waals surface area contributed by atoms with Crippen molar-refractivity contribution in [2.75, 3.05) is 13.4 Å². The number of ether oxygens (including phenoxy) is 1. The molecule has 8 nitrogen and oxygen atoms in total. The van der Waals surface area contributed by atoms with Gasteiger partial charge >= 0.3 is 0 Å². The Morgan fingerprint density at radius 1 is 1.33 bits per heavy atom. The van der Waals surface area contributed by atoms with Gasteiger partial charge in [0, 0.05) is 37.1 Å². The number of H-pyrrole nitrogens is 1. The second-order valence-electron chi connectivity index (χ2n) is 6.81. The smallest absolute Gasteiger partial charge is 0.254 e. The molecule has 3 aromatic rings. The number of hydrogen-bond donors (Lipinski definition) is 2.